The fourth-order valence-electron chi connectivity index (χ4n) is 1.45. The van der Waals surface area contributed by atoms with Gasteiger partial charge in [-0.3, -0.25) is 0 Å². The van der Waals surface area contributed by atoms with E-state index in [0.29, 0.717) is 5.89 Å². The number of hydrogen-bond donors (Lipinski definition) is 1. The Labute approximate surface area is 69.9 Å². The second kappa shape index (κ2) is 2.75. The van der Waals surface area contributed by atoms with Crippen LogP contribution < -0.4 is 5.73 Å². The lowest BCUT2D eigenvalue weighted by atomic mass is 10.0. The first kappa shape index (κ1) is 7.54. The van der Waals surface area contributed by atoms with E-state index in [9.17, 15) is 0 Å². The maximum atomic E-state index is 5.36. The molecule has 2 atom stereocenters. The molecule has 2 N–H and O–H groups in total. The van der Waals surface area contributed by atoms with Crippen molar-refractivity contribution in [1.82, 2.24) is 10.1 Å². The normalized spacial score (nSPS) is 29.4. The molecule has 0 radical (unpaired) electrons. The lowest BCUT2D eigenvalue weighted by Gasteiger charge is -2.07. The van der Waals surface area contributed by atoms with Gasteiger partial charge in [-0.1, -0.05) is 0 Å². The average molecular weight is 169 g/mol. The molecule has 66 valence electrons. The molecule has 1 fully saturated rings. The highest BCUT2D eigenvalue weighted by Gasteiger charge is 2.30. The Morgan fingerprint density at radius 2 is 2.42 bits per heavy atom. The highest BCUT2D eigenvalue weighted by Crippen LogP contribution is 2.29. The fourth-order valence-corrected chi connectivity index (χ4v) is 1.45. The molecule has 0 aromatic carbocycles. The molecular weight excluding hydrogens is 158 g/mol. The third kappa shape index (κ3) is 1.16. The third-order valence-electron chi connectivity index (χ3n) is 2.15. The van der Waals surface area contributed by atoms with Gasteiger partial charge in [0.2, 0.25) is 5.89 Å². The van der Waals surface area contributed by atoms with Crippen molar-refractivity contribution in [2.24, 2.45) is 0 Å². The summed E-state index contributed by atoms with van der Waals surface area (Å²) in [5.74, 6) is 1.01. The lowest BCUT2D eigenvalue weighted by molar-refractivity contribution is 0.113. The van der Waals surface area contributed by atoms with Gasteiger partial charge in [-0.15, -0.1) is 0 Å². The summed E-state index contributed by atoms with van der Waals surface area (Å²) in [6, 6.07) is 0. The lowest BCUT2D eigenvalue weighted by Crippen LogP contribution is -2.09. The van der Waals surface area contributed by atoms with Crippen molar-refractivity contribution in [3.63, 3.8) is 0 Å². The van der Waals surface area contributed by atoms with Crippen LogP contribution in [0.15, 0.2) is 4.52 Å². The van der Waals surface area contributed by atoms with Gasteiger partial charge in [-0.2, -0.15) is 4.98 Å². The van der Waals surface area contributed by atoms with E-state index < -0.39 is 0 Å². The number of nitrogen functional groups attached to an aromatic ring is 1. The van der Waals surface area contributed by atoms with Crippen LogP contribution in [-0.4, -0.2) is 22.9 Å². The van der Waals surface area contributed by atoms with Crippen molar-refractivity contribution in [3.05, 3.63) is 5.89 Å². The zero-order valence-corrected chi connectivity index (χ0v) is 6.86. The molecule has 2 heterocycles. The Morgan fingerprint density at radius 3 is 2.92 bits per heavy atom. The quantitative estimate of drug-likeness (QED) is 0.664. The zero-order chi connectivity index (χ0) is 8.55. The van der Waals surface area contributed by atoms with Gasteiger partial charge >= 0.3 is 0 Å². The molecule has 1 saturated heterocycles. The molecular formula is C7H11N3O2. The van der Waals surface area contributed by atoms with Gasteiger partial charge in [-0.25, -0.2) is 0 Å². The summed E-state index contributed by atoms with van der Waals surface area (Å²) in [4.78, 5) is 3.96. The van der Waals surface area contributed by atoms with E-state index in [1.54, 1.807) is 0 Å². The van der Waals surface area contributed by atoms with E-state index >= 15 is 0 Å². The first-order valence-corrected chi connectivity index (χ1v) is 3.98. The maximum Gasteiger partial charge on any atom is 0.260 e. The third-order valence-corrected chi connectivity index (χ3v) is 2.15. The van der Waals surface area contributed by atoms with Gasteiger partial charge in [0.25, 0.3) is 5.95 Å². The Balaban J connectivity index is 2.19. The molecule has 5 nitrogen and oxygen atoms in total. The van der Waals surface area contributed by atoms with Crippen molar-refractivity contribution in [3.8, 4) is 0 Å². The molecule has 0 spiro atoms. The second-order valence-corrected chi connectivity index (χ2v) is 2.96. The summed E-state index contributed by atoms with van der Waals surface area (Å²) in [5, 5.41) is 3.53. The van der Waals surface area contributed by atoms with Crippen LogP contribution >= 0.6 is 0 Å². The molecule has 2 unspecified atom stereocenters. The molecule has 2 rings (SSSR count). The van der Waals surface area contributed by atoms with Crippen LogP contribution in [-0.2, 0) is 4.74 Å². The number of ether oxygens (including phenoxy) is 1. The number of aromatic nitrogens is 2. The topological polar surface area (TPSA) is 74.2 Å². The molecule has 0 bridgehead atoms. The summed E-state index contributed by atoms with van der Waals surface area (Å²) in [5.41, 5.74) is 5.33. The van der Waals surface area contributed by atoms with Gasteiger partial charge in [0.15, 0.2) is 0 Å². The van der Waals surface area contributed by atoms with Gasteiger partial charge in [0.1, 0.15) is 0 Å². The zero-order valence-electron chi connectivity index (χ0n) is 6.86. The number of anilines is 1. The van der Waals surface area contributed by atoms with Crippen LogP contribution in [0.3, 0.4) is 0 Å². The second-order valence-electron chi connectivity index (χ2n) is 2.96. The number of rotatable bonds is 1. The summed E-state index contributed by atoms with van der Waals surface area (Å²) < 4.78 is 10.3. The van der Waals surface area contributed by atoms with Crippen LogP contribution in [0.4, 0.5) is 5.95 Å². The molecule has 12 heavy (non-hydrogen) atoms. The van der Waals surface area contributed by atoms with Gasteiger partial charge in [0, 0.05) is 6.61 Å². The molecule has 0 saturated carbocycles. The molecule has 1 aliphatic rings. The van der Waals surface area contributed by atoms with Gasteiger partial charge in [0.05, 0.1) is 12.0 Å². The minimum absolute atomic E-state index is 0.157. The van der Waals surface area contributed by atoms with Crippen molar-refractivity contribution < 1.29 is 9.26 Å². The molecule has 1 aromatic heterocycles. The smallest absolute Gasteiger partial charge is 0.260 e. The number of nitrogens with zero attached hydrogens (tertiary/aromatic N) is 2. The summed E-state index contributed by atoms with van der Waals surface area (Å²) in [6.45, 7) is 2.76. The summed E-state index contributed by atoms with van der Waals surface area (Å²) in [7, 11) is 0. The highest BCUT2D eigenvalue weighted by molar-refractivity contribution is 5.13. The van der Waals surface area contributed by atoms with E-state index in [0.717, 1.165) is 13.0 Å². The largest absolute Gasteiger partial charge is 0.378 e. The Kier molecular flexibility index (Phi) is 1.73. The van der Waals surface area contributed by atoms with Gasteiger partial charge < -0.3 is 15.0 Å². The van der Waals surface area contributed by atoms with E-state index in [4.69, 9.17) is 15.0 Å². The van der Waals surface area contributed by atoms with E-state index in [-0.39, 0.29) is 18.0 Å². The Hall–Kier alpha value is -1.10. The van der Waals surface area contributed by atoms with Crippen LogP contribution in [0.2, 0.25) is 0 Å². The van der Waals surface area contributed by atoms with Crippen LogP contribution in [0.25, 0.3) is 0 Å². The van der Waals surface area contributed by atoms with E-state index in [1.165, 1.54) is 0 Å². The highest BCUT2D eigenvalue weighted by atomic mass is 16.5. The molecule has 0 aliphatic carbocycles. The number of hydrogen-bond acceptors (Lipinski definition) is 5. The van der Waals surface area contributed by atoms with Crippen molar-refractivity contribution >= 4 is 5.95 Å². The Morgan fingerprint density at radius 1 is 1.58 bits per heavy atom. The van der Waals surface area contributed by atoms with Crippen LogP contribution in [0.5, 0.6) is 0 Å². The maximum absolute atomic E-state index is 5.36. The van der Waals surface area contributed by atoms with Crippen molar-refractivity contribution in [2.75, 3.05) is 12.3 Å². The van der Waals surface area contributed by atoms with Gasteiger partial charge in [-0.05, 0) is 18.5 Å². The standard InChI is InChI=1S/C7H11N3O2/c1-4-5(2-3-11-4)6-9-7(8)10-12-6/h4-5H,2-3H2,1H3,(H2,8,10). The molecule has 1 aromatic rings. The summed E-state index contributed by atoms with van der Waals surface area (Å²) in [6.07, 6.45) is 1.09. The molecule has 1 aliphatic heterocycles. The first-order valence-electron chi connectivity index (χ1n) is 3.98. The average Bonchev–Trinajstić information content (AvgIpc) is 2.58. The monoisotopic (exact) mass is 169 g/mol. The number of nitrogens with two attached hydrogens (primary N) is 1. The van der Waals surface area contributed by atoms with Crippen LogP contribution in [0.1, 0.15) is 25.2 Å². The summed E-state index contributed by atoms with van der Waals surface area (Å²) >= 11 is 0. The fraction of sp³-hybridized carbons (Fsp3) is 0.714. The van der Waals surface area contributed by atoms with Crippen molar-refractivity contribution in [2.45, 2.75) is 25.4 Å². The molecule has 0 amide bonds. The Bertz CT molecular complexity index is 273. The molecule has 5 heteroatoms. The van der Waals surface area contributed by atoms with E-state index in [1.807, 2.05) is 6.92 Å². The minimum Gasteiger partial charge on any atom is -0.378 e. The van der Waals surface area contributed by atoms with Crippen LogP contribution in [0, 0.1) is 0 Å². The first-order chi connectivity index (χ1) is 5.77. The predicted molar refractivity (Wildman–Crippen MR) is 41.5 cm³/mol. The predicted octanol–water partition coefficient (Wildman–Crippen LogP) is 0.544. The van der Waals surface area contributed by atoms with E-state index in [2.05, 4.69) is 10.1 Å². The SMILES string of the molecule is CC1OCCC1c1nc(N)no1. The minimum atomic E-state index is 0.157. The van der Waals surface area contributed by atoms with Crippen molar-refractivity contribution in [1.29, 1.82) is 0 Å².